The molecule has 2 heterocycles. The van der Waals surface area contributed by atoms with Crippen molar-refractivity contribution in [3.8, 4) is 0 Å². The molecule has 3 fully saturated rings. The number of ether oxygens (including phenoxy) is 1. The molecule has 0 bridgehead atoms. The van der Waals surface area contributed by atoms with E-state index in [4.69, 9.17) is 9.15 Å². The smallest absolute Gasteiger partial charge is 0.111 e. The summed E-state index contributed by atoms with van der Waals surface area (Å²) in [5.41, 5.74) is -0.804. The second kappa shape index (κ2) is 6.58. The van der Waals surface area contributed by atoms with E-state index in [2.05, 4.69) is 13.8 Å². The van der Waals surface area contributed by atoms with Crippen molar-refractivity contribution in [3.05, 3.63) is 23.7 Å². The lowest BCUT2D eigenvalue weighted by atomic mass is 9.54. The molecule has 4 rings (SSSR count). The van der Waals surface area contributed by atoms with Gasteiger partial charge in [-0.1, -0.05) is 20.3 Å². The first-order valence-electron chi connectivity index (χ1n) is 10.5. The first kappa shape index (κ1) is 19.4. The average Bonchev–Trinajstić information content (AvgIpc) is 3.27. The van der Waals surface area contributed by atoms with Gasteiger partial charge in [0.15, 0.2) is 0 Å². The molecular formula is C22H34O5. The number of hydrogen-bond donors (Lipinski definition) is 3. The molecule has 0 radical (unpaired) electrons. The van der Waals surface area contributed by atoms with Crippen molar-refractivity contribution in [1.29, 1.82) is 0 Å². The first-order valence-corrected chi connectivity index (χ1v) is 10.5. The number of aliphatic hydroxyl groups excluding tert-OH is 2. The monoisotopic (exact) mass is 378 g/mol. The maximum Gasteiger partial charge on any atom is 0.111 e. The van der Waals surface area contributed by atoms with E-state index in [1.54, 1.807) is 6.26 Å². The lowest BCUT2D eigenvalue weighted by Crippen LogP contribution is -2.64. The highest BCUT2D eigenvalue weighted by Crippen LogP contribution is 2.62. The van der Waals surface area contributed by atoms with Crippen LogP contribution in [0.25, 0.3) is 0 Å². The third-order valence-corrected chi connectivity index (χ3v) is 8.28. The zero-order valence-corrected chi connectivity index (χ0v) is 16.9. The van der Waals surface area contributed by atoms with Crippen molar-refractivity contribution in [2.24, 2.45) is 29.6 Å². The van der Waals surface area contributed by atoms with E-state index in [1.807, 2.05) is 19.9 Å². The van der Waals surface area contributed by atoms with Crippen LogP contribution in [-0.4, -0.2) is 45.3 Å². The number of fused-ring (bicyclic) bond motifs is 2. The van der Waals surface area contributed by atoms with E-state index < -0.39 is 29.3 Å². The molecule has 3 aliphatic rings. The Kier molecular flexibility index (Phi) is 4.74. The second-order valence-corrected chi connectivity index (χ2v) is 9.57. The lowest BCUT2D eigenvalue weighted by Gasteiger charge is -2.53. The molecule has 3 N–H and O–H groups in total. The van der Waals surface area contributed by atoms with Crippen molar-refractivity contribution in [3.63, 3.8) is 0 Å². The molecular weight excluding hydrogens is 344 g/mol. The van der Waals surface area contributed by atoms with Crippen molar-refractivity contribution >= 4 is 0 Å². The molecule has 0 unspecified atom stereocenters. The Morgan fingerprint density at radius 1 is 1.26 bits per heavy atom. The molecule has 1 saturated heterocycles. The molecule has 2 saturated carbocycles. The van der Waals surface area contributed by atoms with Gasteiger partial charge in [-0.2, -0.15) is 0 Å². The van der Waals surface area contributed by atoms with E-state index >= 15 is 0 Å². The van der Waals surface area contributed by atoms with E-state index in [0.717, 1.165) is 24.2 Å². The highest BCUT2D eigenvalue weighted by Gasteiger charge is 2.71. The Hall–Kier alpha value is -0.880. The van der Waals surface area contributed by atoms with Crippen LogP contribution in [0.3, 0.4) is 0 Å². The van der Waals surface area contributed by atoms with Gasteiger partial charge in [0.2, 0.25) is 0 Å². The third kappa shape index (κ3) is 2.65. The topological polar surface area (TPSA) is 83.1 Å². The standard InChI is InChI=1S/C22H34O5/c1-12-8-10-26-16(12)7-9-21(4)20-19(24)18-13(2)5-6-15(18)14(3)22(20,25)17(11-23)27-21/h8,10,13-15,17-20,23-25H,5-7,9,11H2,1-4H3/t13-,14-,15-,17+,18+,19-,20-,21-,22-/m0/s1. The van der Waals surface area contributed by atoms with Gasteiger partial charge < -0.3 is 24.5 Å². The summed E-state index contributed by atoms with van der Waals surface area (Å²) >= 11 is 0. The van der Waals surface area contributed by atoms with Crippen LogP contribution in [0.2, 0.25) is 0 Å². The number of hydrogen-bond acceptors (Lipinski definition) is 5. The maximum atomic E-state index is 11.8. The summed E-state index contributed by atoms with van der Waals surface area (Å²) in [6.07, 6.45) is 3.86. The molecule has 0 amide bonds. The summed E-state index contributed by atoms with van der Waals surface area (Å²) in [4.78, 5) is 0. The van der Waals surface area contributed by atoms with Crippen LogP contribution in [0.5, 0.6) is 0 Å². The minimum Gasteiger partial charge on any atom is -0.469 e. The summed E-state index contributed by atoms with van der Waals surface area (Å²) in [5.74, 6) is 1.42. The second-order valence-electron chi connectivity index (χ2n) is 9.57. The Morgan fingerprint density at radius 2 is 2.00 bits per heavy atom. The predicted molar refractivity (Wildman–Crippen MR) is 101 cm³/mol. The van der Waals surface area contributed by atoms with Gasteiger partial charge in [-0.3, -0.25) is 0 Å². The summed E-state index contributed by atoms with van der Waals surface area (Å²) in [6.45, 7) is 8.08. The van der Waals surface area contributed by atoms with Gasteiger partial charge in [0.1, 0.15) is 17.5 Å². The first-order chi connectivity index (χ1) is 12.7. The van der Waals surface area contributed by atoms with Gasteiger partial charge in [0, 0.05) is 12.3 Å². The van der Waals surface area contributed by atoms with Gasteiger partial charge >= 0.3 is 0 Å². The summed E-state index contributed by atoms with van der Waals surface area (Å²) in [7, 11) is 0. The molecule has 1 aliphatic heterocycles. The van der Waals surface area contributed by atoms with E-state index in [-0.39, 0.29) is 24.4 Å². The highest BCUT2D eigenvalue weighted by molar-refractivity contribution is 5.21. The number of aryl methyl sites for hydroxylation is 2. The average molecular weight is 379 g/mol. The van der Waals surface area contributed by atoms with Crippen LogP contribution in [-0.2, 0) is 11.2 Å². The zero-order chi connectivity index (χ0) is 19.6. The molecule has 0 spiro atoms. The predicted octanol–water partition coefficient (Wildman–Crippen LogP) is 2.69. The Labute approximate surface area is 161 Å². The SMILES string of the molecule is Cc1ccoc1CC[C@]1(C)O[C@H](CO)[C@]2(O)[C@H]1[C@@H](O)[C@H]1[C@@H](CC[C@@H]1C)[C@@H]2C. The molecule has 5 heteroatoms. The molecule has 152 valence electrons. The van der Waals surface area contributed by atoms with Gasteiger partial charge in [-0.05, 0) is 62.0 Å². The highest BCUT2D eigenvalue weighted by atomic mass is 16.6. The summed E-state index contributed by atoms with van der Waals surface area (Å²) in [6, 6.07) is 1.95. The van der Waals surface area contributed by atoms with Crippen LogP contribution in [0.15, 0.2) is 16.7 Å². The number of furan rings is 1. The normalized spacial score (nSPS) is 49.2. The van der Waals surface area contributed by atoms with Crippen molar-refractivity contribution in [2.45, 2.75) is 76.8 Å². The molecule has 2 aliphatic carbocycles. The molecule has 9 atom stereocenters. The van der Waals surface area contributed by atoms with Crippen molar-refractivity contribution in [2.75, 3.05) is 6.61 Å². The fourth-order valence-electron chi connectivity index (χ4n) is 6.81. The minimum atomic E-state index is -1.20. The molecule has 27 heavy (non-hydrogen) atoms. The largest absolute Gasteiger partial charge is 0.469 e. The summed E-state index contributed by atoms with van der Waals surface area (Å²) in [5, 5.41) is 33.3. The quantitative estimate of drug-likeness (QED) is 0.750. The minimum absolute atomic E-state index is 0.00910. The van der Waals surface area contributed by atoms with E-state index in [0.29, 0.717) is 18.8 Å². The van der Waals surface area contributed by atoms with Crippen LogP contribution < -0.4 is 0 Å². The molecule has 1 aromatic rings. The Balaban J connectivity index is 1.68. The fraction of sp³-hybridized carbons (Fsp3) is 0.818. The van der Waals surface area contributed by atoms with E-state index in [1.165, 1.54) is 0 Å². The number of rotatable bonds is 4. The Bertz CT molecular complexity index is 686. The van der Waals surface area contributed by atoms with Crippen molar-refractivity contribution in [1.82, 2.24) is 0 Å². The van der Waals surface area contributed by atoms with Crippen LogP contribution in [0.1, 0.15) is 51.4 Å². The van der Waals surface area contributed by atoms with Crippen molar-refractivity contribution < 1.29 is 24.5 Å². The third-order valence-electron chi connectivity index (χ3n) is 8.28. The van der Waals surface area contributed by atoms with Gasteiger partial charge in [0.25, 0.3) is 0 Å². The maximum absolute atomic E-state index is 11.8. The molecule has 0 aromatic carbocycles. The fourth-order valence-corrected chi connectivity index (χ4v) is 6.81. The molecule has 5 nitrogen and oxygen atoms in total. The zero-order valence-electron chi connectivity index (χ0n) is 16.9. The van der Waals surface area contributed by atoms with Gasteiger partial charge in [-0.25, -0.2) is 0 Å². The van der Waals surface area contributed by atoms with Crippen LogP contribution in [0, 0.1) is 36.5 Å². The van der Waals surface area contributed by atoms with Gasteiger partial charge in [0.05, 0.1) is 24.6 Å². The Morgan fingerprint density at radius 3 is 2.63 bits per heavy atom. The number of aliphatic hydroxyl groups is 3. The summed E-state index contributed by atoms with van der Waals surface area (Å²) < 4.78 is 11.9. The molecule has 1 aromatic heterocycles. The lowest BCUT2D eigenvalue weighted by molar-refractivity contribution is -0.186. The van der Waals surface area contributed by atoms with Crippen LogP contribution in [0.4, 0.5) is 0 Å². The van der Waals surface area contributed by atoms with Gasteiger partial charge in [-0.15, -0.1) is 0 Å². The van der Waals surface area contributed by atoms with Crippen LogP contribution >= 0.6 is 0 Å². The van der Waals surface area contributed by atoms with E-state index in [9.17, 15) is 15.3 Å².